The number of aromatic nitrogens is 1. The number of pyridine rings is 1. The lowest BCUT2D eigenvalue weighted by Gasteiger charge is -2.08. The third-order valence-electron chi connectivity index (χ3n) is 2.56. The Hall–Kier alpha value is -1.93. The fourth-order valence-corrected chi connectivity index (χ4v) is 2.68. The molecule has 1 aromatic heterocycles. The molecule has 0 aliphatic heterocycles. The van der Waals surface area contributed by atoms with Crippen molar-refractivity contribution in [2.24, 2.45) is 0 Å². The molecule has 0 fully saturated rings. The molecule has 114 valence electrons. The molecule has 0 aliphatic carbocycles. The maximum absolute atomic E-state index is 11.8. The SMILES string of the molecule is O=C(COC(=O)c1ccc(=O)[nH]c1)Nc1ccc(Br)cc1Br. The Morgan fingerprint density at radius 1 is 1.18 bits per heavy atom. The van der Waals surface area contributed by atoms with Gasteiger partial charge in [-0.1, -0.05) is 15.9 Å². The van der Waals surface area contributed by atoms with Crippen LogP contribution < -0.4 is 10.9 Å². The van der Waals surface area contributed by atoms with E-state index in [1.807, 2.05) is 0 Å². The number of ether oxygens (including phenoxy) is 1. The van der Waals surface area contributed by atoms with Gasteiger partial charge in [-0.15, -0.1) is 0 Å². The van der Waals surface area contributed by atoms with Crippen molar-refractivity contribution in [3.8, 4) is 0 Å². The maximum Gasteiger partial charge on any atom is 0.340 e. The van der Waals surface area contributed by atoms with E-state index in [4.69, 9.17) is 4.74 Å². The first-order valence-electron chi connectivity index (χ1n) is 6.06. The maximum atomic E-state index is 11.8. The van der Waals surface area contributed by atoms with Crippen molar-refractivity contribution in [3.05, 3.63) is 61.4 Å². The van der Waals surface area contributed by atoms with Gasteiger partial charge in [0.05, 0.1) is 11.3 Å². The predicted octanol–water partition coefficient (Wildman–Crippen LogP) is 2.70. The highest BCUT2D eigenvalue weighted by Gasteiger charge is 2.11. The molecule has 22 heavy (non-hydrogen) atoms. The van der Waals surface area contributed by atoms with Crippen molar-refractivity contribution in [2.75, 3.05) is 11.9 Å². The monoisotopic (exact) mass is 428 g/mol. The molecule has 0 aliphatic rings. The Kier molecular flexibility index (Phi) is 5.51. The second-order valence-electron chi connectivity index (χ2n) is 4.19. The fourth-order valence-electron chi connectivity index (χ4n) is 1.53. The molecule has 0 unspecified atom stereocenters. The Bertz CT molecular complexity index is 753. The van der Waals surface area contributed by atoms with Gasteiger partial charge in [0.2, 0.25) is 5.56 Å². The first-order chi connectivity index (χ1) is 10.5. The van der Waals surface area contributed by atoms with Gasteiger partial charge >= 0.3 is 5.97 Å². The van der Waals surface area contributed by atoms with Crippen molar-refractivity contribution in [2.45, 2.75) is 0 Å². The summed E-state index contributed by atoms with van der Waals surface area (Å²) in [7, 11) is 0. The van der Waals surface area contributed by atoms with E-state index < -0.39 is 18.5 Å². The lowest BCUT2D eigenvalue weighted by atomic mass is 10.3. The highest BCUT2D eigenvalue weighted by molar-refractivity contribution is 9.11. The molecule has 0 saturated carbocycles. The second kappa shape index (κ2) is 7.37. The number of aromatic amines is 1. The number of hydrogen-bond donors (Lipinski definition) is 2. The number of esters is 1. The number of carbonyl (C=O) groups is 2. The van der Waals surface area contributed by atoms with Gasteiger partial charge in [0.15, 0.2) is 6.61 Å². The Morgan fingerprint density at radius 3 is 2.59 bits per heavy atom. The van der Waals surface area contributed by atoms with Crippen molar-refractivity contribution in [3.63, 3.8) is 0 Å². The Labute approximate surface area is 142 Å². The lowest BCUT2D eigenvalue weighted by Crippen LogP contribution is -2.21. The van der Waals surface area contributed by atoms with Crippen LogP contribution in [0.15, 0.2) is 50.3 Å². The standard InChI is InChI=1S/C14H10Br2N2O4/c15-9-2-3-11(10(16)5-9)18-13(20)7-22-14(21)8-1-4-12(19)17-6-8/h1-6H,7H2,(H,17,19)(H,18,20). The average molecular weight is 430 g/mol. The number of hydrogen-bond acceptors (Lipinski definition) is 4. The fraction of sp³-hybridized carbons (Fsp3) is 0.0714. The van der Waals surface area contributed by atoms with E-state index in [0.717, 1.165) is 4.47 Å². The summed E-state index contributed by atoms with van der Waals surface area (Å²) in [4.78, 5) is 36.7. The van der Waals surface area contributed by atoms with Crippen LogP contribution in [0.5, 0.6) is 0 Å². The zero-order chi connectivity index (χ0) is 16.1. The topological polar surface area (TPSA) is 88.3 Å². The van der Waals surface area contributed by atoms with Gasteiger partial charge in [0, 0.05) is 21.2 Å². The van der Waals surface area contributed by atoms with Crippen LogP contribution in [0.3, 0.4) is 0 Å². The van der Waals surface area contributed by atoms with Crippen LogP contribution in [0.25, 0.3) is 0 Å². The van der Waals surface area contributed by atoms with Crippen molar-refractivity contribution < 1.29 is 14.3 Å². The summed E-state index contributed by atoms with van der Waals surface area (Å²) in [6.07, 6.45) is 1.23. The number of rotatable bonds is 4. The molecule has 2 aromatic rings. The number of benzene rings is 1. The van der Waals surface area contributed by atoms with Gasteiger partial charge in [-0.2, -0.15) is 0 Å². The molecular formula is C14H10Br2N2O4. The van der Waals surface area contributed by atoms with E-state index in [0.29, 0.717) is 10.2 Å². The summed E-state index contributed by atoms with van der Waals surface area (Å²) in [5, 5.41) is 2.61. The van der Waals surface area contributed by atoms with Gasteiger partial charge in [-0.05, 0) is 40.2 Å². The first kappa shape index (κ1) is 16.4. The van der Waals surface area contributed by atoms with Crippen LogP contribution in [0.1, 0.15) is 10.4 Å². The summed E-state index contributed by atoms with van der Waals surface area (Å²) < 4.78 is 6.43. The van der Waals surface area contributed by atoms with E-state index in [2.05, 4.69) is 42.2 Å². The molecular weight excluding hydrogens is 420 g/mol. The van der Waals surface area contributed by atoms with E-state index in [1.54, 1.807) is 18.2 Å². The average Bonchev–Trinajstić information content (AvgIpc) is 2.48. The van der Waals surface area contributed by atoms with Crippen LogP contribution in [-0.2, 0) is 9.53 Å². The number of halogens is 2. The Balaban J connectivity index is 1.91. The molecule has 1 heterocycles. The van der Waals surface area contributed by atoms with E-state index in [-0.39, 0.29) is 11.1 Å². The molecule has 8 heteroatoms. The smallest absolute Gasteiger partial charge is 0.340 e. The normalized spacial score (nSPS) is 10.1. The molecule has 0 saturated heterocycles. The number of amides is 1. The van der Waals surface area contributed by atoms with Crippen LogP contribution >= 0.6 is 31.9 Å². The number of anilines is 1. The summed E-state index contributed by atoms with van der Waals surface area (Å²) in [5.74, 6) is -1.16. The molecule has 0 atom stereocenters. The first-order valence-corrected chi connectivity index (χ1v) is 7.65. The molecule has 1 amide bonds. The quantitative estimate of drug-likeness (QED) is 0.731. The Morgan fingerprint density at radius 2 is 1.95 bits per heavy atom. The number of carbonyl (C=O) groups excluding carboxylic acids is 2. The highest BCUT2D eigenvalue weighted by Crippen LogP contribution is 2.26. The predicted molar refractivity (Wildman–Crippen MR) is 87.8 cm³/mol. The minimum absolute atomic E-state index is 0.164. The zero-order valence-corrected chi connectivity index (χ0v) is 14.2. The van der Waals surface area contributed by atoms with Crippen LogP contribution in [0.4, 0.5) is 5.69 Å². The van der Waals surface area contributed by atoms with Gasteiger partial charge in [-0.25, -0.2) is 4.79 Å². The van der Waals surface area contributed by atoms with Crippen molar-refractivity contribution in [1.29, 1.82) is 0 Å². The molecule has 2 N–H and O–H groups in total. The summed E-state index contributed by atoms with van der Waals surface area (Å²) in [6.45, 7) is -0.430. The van der Waals surface area contributed by atoms with Gasteiger partial charge in [0.1, 0.15) is 0 Å². The molecule has 0 spiro atoms. The van der Waals surface area contributed by atoms with Crippen molar-refractivity contribution >= 4 is 49.4 Å². The lowest BCUT2D eigenvalue weighted by molar-refractivity contribution is -0.119. The van der Waals surface area contributed by atoms with Crippen LogP contribution in [-0.4, -0.2) is 23.5 Å². The van der Waals surface area contributed by atoms with E-state index in [1.165, 1.54) is 18.3 Å². The van der Waals surface area contributed by atoms with E-state index >= 15 is 0 Å². The van der Waals surface area contributed by atoms with Crippen LogP contribution in [0, 0.1) is 0 Å². The minimum Gasteiger partial charge on any atom is -0.452 e. The largest absolute Gasteiger partial charge is 0.452 e. The van der Waals surface area contributed by atoms with Gasteiger partial charge in [-0.3, -0.25) is 9.59 Å². The van der Waals surface area contributed by atoms with Crippen molar-refractivity contribution in [1.82, 2.24) is 4.98 Å². The van der Waals surface area contributed by atoms with Gasteiger partial charge in [0.25, 0.3) is 5.91 Å². The summed E-state index contributed by atoms with van der Waals surface area (Å²) in [5.41, 5.74) is 0.403. The second-order valence-corrected chi connectivity index (χ2v) is 5.96. The third-order valence-corrected chi connectivity index (χ3v) is 3.71. The number of nitrogens with one attached hydrogen (secondary N) is 2. The summed E-state index contributed by atoms with van der Waals surface area (Å²) >= 11 is 6.62. The minimum atomic E-state index is -0.693. The molecule has 0 bridgehead atoms. The van der Waals surface area contributed by atoms with Gasteiger partial charge < -0.3 is 15.0 Å². The zero-order valence-electron chi connectivity index (χ0n) is 11.1. The number of H-pyrrole nitrogens is 1. The third kappa shape index (κ3) is 4.54. The van der Waals surface area contributed by atoms with E-state index in [9.17, 15) is 14.4 Å². The van der Waals surface area contributed by atoms with Crippen LogP contribution in [0.2, 0.25) is 0 Å². The molecule has 1 aromatic carbocycles. The molecule has 6 nitrogen and oxygen atoms in total. The molecule has 2 rings (SSSR count). The molecule has 0 radical (unpaired) electrons. The highest BCUT2D eigenvalue weighted by atomic mass is 79.9. The summed E-state index contributed by atoms with van der Waals surface area (Å²) in [6, 6.07) is 7.78.